The molecule has 0 aliphatic rings. The third kappa shape index (κ3) is 6.11. The van der Waals surface area contributed by atoms with Gasteiger partial charge in [-0.2, -0.15) is 0 Å². The second kappa shape index (κ2) is 9.08. The molecule has 0 unspecified atom stereocenters. The largest absolute Gasteiger partial charge is 0.504 e. The maximum Gasteiger partial charge on any atom is 0.306 e. The zero-order chi connectivity index (χ0) is 18.2. The van der Waals surface area contributed by atoms with Gasteiger partial charge < -0.3 is 19.9 Å². The van der Waals surface area contributed by atoms with Crippen molar-refractivity contribution in [2.45, 2.75) is 12.8 Å². The van der Waals surface area contributed by atoms with Gasteiger partial charge in [0, 0.05) is 16.6 Å². The standard InChI is InChI=1S/C18H18BrNO5/c1-24-16-8-2-12(10-15(16)21)3-9-18(23)25-11-17(22)20-14-6-4-13(19)5-7-14/h2,4-8,10,21H,3,9,11H2,1H3,(H,20,22). The summed E-state index contributed by atoms with van der Waals surface area (Å²) in [4.78, 5) is 23.5. The number of phenolic OH excluding ortho intramolecular Hbond substituents is 1. The van der Waals surface area contributed by atoms with E-state index in [2.05, 4.69) is 21.2 Å². The molecule has 0 aromatic heterocycles. The number of phenols is 1. The molecule has 0 saturated heterocycles. The molecular formula is C18H18BrNO5. The number of esters is 1. The van der Waals surface area contributed by atoms with Crippen molar-refractivity contribution in [1.82, 2.24) is 0 Å². The van der Waals surface area contributed by atoms with Crippen molar-refractivity contribution in [2.24, 2.45) is 0 Å². The third-order valence-electron chi connectivity index (χ3n) is 3.35. The van der Waals surface area contributed by atoms with Gasteiger partial charge >= 0.3 is 5.97 Å². The first-order chi connectivity index (χ1) is 12.0. The second-order valence-corrected chi connectivity index (χ2v) is 6.14. The van der Waals surface area contributed by atoms with Crippen LogP contribution in [0.25, 0.3) is 0 Å². The number of hydrogen-bond donors (Lipinski definition) is 2. The average molecular weight is 408 g/mol. The van der Waals surface area contributed by atoms with Gasteiger partial charge in [0.1, 0.15) is 0 Å². The van der Waals surface area contributed by atoms with Gasteiger partial charge in [0.2, 0.25) is 0 Å². The lowest BCUT2D eigenvalue weighted by Crippen LogP contribution is -2.21. The van der Waals surface area contributed by atoms with E-state index in [0.717, 1.165) is 10.0 Å². The monoisotopic (exact) mass is 407 g/mol. The number of halogens is 1. The van der Waals surface area contributed by atoms with Crippen molar-refractivity contribution in [3.05, 3.63) is 52.5 Å². The molecule has 2 N–H and O–H groups in total. The highest BCUT2D eigenvalue weighted by atomic mass is 79.9. The van der Waals surface area contributed by atoms with E-state index in [0.29, 0.717) is 17.9 Å². The van der Waals surface area contributed by atoms with Crippen molar-refractivity contribution < 1.29 is 24.2 Å². The Labute approximate surface area is 153 Å². The predicted molar refractivity (Wildman–Crippen MR) is 96.7 cm³/mol. The van der Waals surface area contributed by atoms with Crippen LogP contribution in [0.5, 0.6) is 11.5 Å². The molecule has 132 valence electrons. The number of nitrogens with one attached hydrogen (secondary N) is 1. The molecule has 0 fully saturated rings. The van der Waals surface area contributed by atoms with E-state index in [1.807, 2.05) is 0 Å². The van der Waals surface area contributed by atoms with Gasteiger partial charge in [0.15, 0.2) is 18.1 Å². The smallest absolute Gasteiger partial charge is 0.306 e. The van der Waals surface area contributed by atoms with E-state index in [-0.39, 0.29) is 18.8 Å². The summed E-state index contributed by atoms with van der Waals surface area (Å²) in [6, 6.07) is 12.0. The Kier molecular flexibility index (Phi) is 6.82. The van der Waals surface area contributed by atoms with Gasteiger partial charge in [-0.15, -0.1) is 0 Å². The van der Waals surface area contributed by atoms with E-state index in [1.165, 1.54) is 13.2 Å². The number of amides is 1. The number of methoxy groups -OCH3 is 1. The van der Waals surface area contributed by atoms with Gasteiger partial charge in [-0.3, -0.25) is 9.59 Å². The molecule has 25 heavy (non-hydrogen) atoms. The normalized spacial score (nSPS) is 10.2. The molecule has 1 amide bonds. The predicted octanol–water partition coefficient (Wildman–Crippen LogP) is 3.28. The number of benzene rings is 2. The van der Waals surface area contributed by atoms with Gasteiger partial charge in [-0.1, -0.05) is 22.0 Å². The zero-order valence-electron chi connectivity index (χ0n) is 13.6. The first kappa shape index (κ1) is 18.8. The minimum atomic E-state index is -0.485. The van der Waals surface area contributed by atoms with E-state index >= 15 is 0 Å². The van der Waals surface area contributed by atoms with Crippen molar-refractivity contribution in [2.75, 3.05) is 19.0 Å². The number of carbonyl (C=O) groups excluding carboxylic acids is 2. The van der Waals surface area contributed by atoms with Crippen LogP contribution in [-0.2, 0) is 20.7 Å². The Morgan fingerprint density at radius 2 is 1.88 bits per heavy atom. The molecule has 7 heteroatoms. The fraction of sp³-hybridized carbons (Fsp3) is 0.222. The Morgan fingerprint density at radius 3 is 2.52 bits per heavy atom. The van der Waals surface area contributed by atoms with Gasteiger partial charge in [-0.05, 0) is 48.4 Å². The Morgan fingerprint density at radius 1 is 1.16 bits per heavy atom. The third-order valence-corrected chi connectivity index (χ3v) is 3.88. The highest BCUT2D eigenvalue weighted by Gasteiger charge is 2.09. The van der Waals surface area contributed by atoms with E-state index in [1.54, 1.807) is 36.4 Å². The molecule has 0 radical (unpaired) electrons. The molecule has 0 saturated carbocycles. The van der Waals surface area contributed by atoms with Crippen molar-refractivity contribution in [1.29, 1.82) is 0 Å². The minimum absolute atomic E-state index is 0.0160. The maximum atomic E-state index is 11.7. The van der Waals surface area contributed by atoms with Crippen LogP contribution in [0.2, 0.25) is 0 Å². The molecule has 2 aromatic rings. The van der Waals surface area contributed by atoms with Crippen molar-refractivity contribution >= 4 is 33.5 Å². The molecule has 0 atom stereocenters. The van der Waals surface area contributed by atoms with Crippen LogP contribution in [-0.4, -0.2) is 30.7 Å². The fourth-order valence-corrected chi connectivity index (χ4v) is 2.35. The molecule has 0 aliphatic heterocycles. The van der Waals surface area contributed by atoms with Crippen LogP contribution in [0.1, 0.15) is 12.0 Å². The van der Waals surface area contributed by atoms with Gasteiger partial charge in [0.05, 0.1) is 7.11 Å². The summed E-state index contributed by atoms with van der Waals surface area (Å²) in [5.41, 5.74) is 1.40. The summed E-state index contributed by atoms with van der Waals surface area (Å²) in [6.07, 6.45) is 0.502. The van der Waals surface area contributed by atoms with Crippen LogP contribution in [0.15, 0.2) is 46.9 Å². The second-order valence-electron chi connectivity index (χ2n) is 5.22. The lowest BCUT2D eigenvalue weighted by atomic mass is 10.1. The summed E-state index contributed by atoms with van der Waals surface area (Å²) in [5.74, 6) is -0.503. The SMILES string of the molecule is COc1ccc(CCC(=O)OCC(=O)Nc2ccc(Br)cc2)cc1O. The first-order valence-corrected chi connectivity index (χ1v) is 8.34. The van der Waals surface area contributed by atoms with Gasteiger partial charge in [-0.25, -0.2) is 0 Å². The maximum absolute atomic E-state index is 11.7. The summed E-state index contributed by atoms with van der Waals surface area (Å²) in [6.45, 7) is -0.344. The number of anilines is 1. The quantitative estimate of drug-likeness (QED) is 0.687. The molecular weight excluding hydrogens is 390 g/mol. The highest BCUT2D eigenvalue weighted by molar-refractivity contribution is 9.10. The fourth-order valence-electron chi connectivity index (χ4n) is 2.09. The molecule has 0 bridgehead atoms. The summed E-state index contributed by atoms with van der Waals surface area (Å²) in [7, 11) is 1.46. The topological polar surface area (TPSA) is 84.9 Å². The lowest BCUT2D eigenvalue weighted by Gasteiger charge is -2.08. The van der Waals surface area contributed by atoms with Crippen LogP contribution >= 0.6 is 15.9 Å². The van der Waals surface area contributed by atoms with Crippen molar-refractivity contribution in [3.63, 3.8) is 0 Å². The summed E-state index contributed by atoms with van der Waals surface area (Å²) in [5, 5.41) is 12.3. The van der Waals surface area contributed by atoms with E-state index in [4.69, 9.17) is 9.47 Å². The number of carbonyl (C=O) groups is 2. The number of aryl methyl sites for hydroxylation is 1. The zero-order valence-corrected chi connectivity index (χ0v) is 15.2. The number of aromatic hydroxyl groups is 1. The minimum Gasteiger partial charge on any atom is -0.504 e. The van der Waals surface area contributed by atoms with Crippen LogP contribution in [0, 0.1) is 0 Å². The summed E-state index contributed by atoms with van der Waals surface area (Å²) >= 11 is 3.31. The number of ether oxygens (including phenoxy) is 2. The average Bonchev–Trinajstić information content (AvgIpc) is 2.60. The van der Waals surface area contributed by atoms with Crippen LogP contribution in [0.4, 0.5) is 5.69 Å². The van der Waals surface area contributed by atoms with E-state index in [9.17, 15) is 14.7 Å². The van der Waals surface area contributed by atoms with Crippen molar-refractivity contribution in [3.8, 4) is 11.5 Å². The Bertz CT molecular complexity index is 746. The molecule has 6 nitrogen and oxygen atoms in total. The Balaban J connectivity index is 1.74. The van der Waals surface area contributed by atoms with Gasteiger partial charge in [0.25, 0.3) is 5.91 Å². The number of hydrogen-bond acceptors (Lipinski definition) is 5. The van der Waals surface area contributed by atoms with E-state index < -0.39 is 11.9 Å². The summed E-state index contributed by atoms with van der Waals surface area (Å²) < 4.78 is 10.8. The first-order valence-electron chi connectivity index (χ1n) is 7.55. The highest BCUT2D eigenvalue weighted by Crippen LogP contribution is 2.26. The molecule has 0 heterocycles. The van der Waals surface area contributed by atoms with Crippen LogP contribution < -0.4 is 10.1 Å². The Hall–Kier alpha value is -2.54. The lowest BCUT2D eigenvalue weighted by molar-refractivity contribution is -0.147. The molecule has 0 aliphatic carbocycles. The molecule has 0 spiro atoms. The van der Waals surface area contributed by atoms with Crippen LogP contribution in [0.3, 0.4) is 0 Å². The number of rotatable bonds is 7. The molecule has 2 rings (SSSR count). The molecule has 2 aromatic carbocycles.